The maximum Gasteiger partial charge on any atom is 0.261 e. The summed E-state index contributed by atoms with van der Waals surface area (Å²) in [6.45, 7) is 3.90. The second-order valence-corrected chi connectivity index (χ2v) is 5.39. The quantitative estimate of drug-likeness (QED) is 0.765. The number of halogens is 1. The van der Waals surface area contributed by atoms with E-state index >= 15 is 0 Å². The van der Waals surface area contributed by atoms with E-state index in [0.717, 1.165) is 16.3 Å². The molecule has 2 rings (SSSR count). The summed E-state index contributed by atoms with van der Waals surface area (Å²) in [5.41, 5.74) is 0. The van der Waals surface area contributed by atoms with Crippen molar-refractivity contribution in [3.05, 3.63) is 21.9 Å². The van der Waals surface area contributed by atoms with Gasteiger partial charge in [-0.1, -0.05) is 0 Å². The Bertz CT molecular complexity index is 383. The van der Waals surface area contributed by atoms with E-state index in [0.29, 0.717) is 13.1 Å². The summed E-state index contributed by atoms with van der Waals surface area (Å²) in [6.07, 6.45) is -0.342. The van der Waals surface area contributed by atoms with E-state index in [-0.39, 0.29) is 30.3 Å². The van der Waals surface area contributed by atoms with E-state index in [1.807, 2.05) is 19.1 Å². The number of hydrogen-bond acceptors (Lipinski definition) is 4. The topological polar surface area (TPSA) is 61.4 Å². The minimum Gasteiger partial charge on any atom is -0.391 e. The smallest absolute Gasteiger partial charge is 0.261 e. The highest BCUT2D eigenvalue weighted by atomic mass is 35.5. The molecule has 0 aromatic carbocycles. The predicted molar refractivity (Wildman–Crippen MR) is 71.0 cm³/mol. The highest BCUT2D eigenvalue weighted by Gasteiger charge is 2.25. The zero-order chi connectivity index (χ0) is 11.5. The molecule has 0 saturated carbocycles. The van der Waals surface area contributed by atoms with Gasteiger partial charge in [-0.15, -0.1) is 23.7 Å². The number of rotatable bonds is 3. The molecule has 0 radical (unpaired) electrons. The summed E-state index contributed by atoms with van der Waals surface area (Å²) in [7, 11) is 0. The van der Waals surface area contributed by atoms with Gasteiger partial charge in [0.1, 0.15) is 0 Å². The van der Waals surface area contributed by atoms with Crippen LogP contribution in [-0.4, -0.2) is 36.8 Å². The Hall–Kier alpha value is -0.620. The lowest BCUT2D eigenvalue weighted by atomic mass is 10.1. The number of nitrogens with one attached hydrogen (secondary N) is 2. The Kier molecular flexibility index (Phi) is 5.39. The molecule has 1 aromatic rings. The van der Waals surface area contributed by atoms with Crippen molar-refractivity contribution in [2.45, 2.75) is 13.0 Å². The fraction of sp³-hybridized carbons (Fsp3) is 0.545. The van der Waals surface area contributed by atoms with Gasteiger partial charge in [-0.3, -0.25) is 4.79 Å². The largest absolute Gasteiger partial charge is 0.391 e. The molecule has 2 unspecified atom stereocenters. The summed E-state index contributed by atoms with van der Waals surface area (Å²) in [4.78, 5) is 13.6. The molecule has 1 aromatic heterocycles. The van der Waals surface area contributed by atoms with E-state index in [1.165, 1.54) is 11.3 Å². The number of hydrogen-bond donors (Lipinski definition) is 3. The van der Waals surface area contributed by atoms with Crippen LogP contribution in [0.15, 0.2) is 12.1 Å². The van der Waals surface area contributed by atoms with E-state index in [9.17, 15) is 9.90 Å². The third-order valence-electron chi connectivity index (χ3n) is 2.79. The number of β-amino-alcohol motifs (C(OH)–C–C–N with tert-alkyl or cyclic N) is 1. The summed E-state index contributed by atoms with van der Waals surface area (Å²) < 4.78 is 0. The van der Waals surface area contributed by atoms with Crippen LogP contribution in [0.5, 0.6) is 0 Å². The number of aliphatic hydroxyl groups excluding tert-OH is 1. The number of aryl methyl sites for hydroxylation is 1. The highest BCUT2D eigenvalue weighted by Crippen LogP contribution is 2.15. The molecule has 96 valence electrons. The first-order valence-electron chi connectivity index (χ1n) is 5.40. The van der Waals surface area contributed by atoms with Gasteiger partial charge in [-0.25, -0.2) is 0 Å². The number of carbonyl (C=O) groups is 1. The molecule has 2 heterocycles. The van der Waals surface area contributed by atoms with Gasteiger partial charge in [0.05, 0.1) is 11.0 Å². The lowest BCUT2D eigenvalue weighted by Crippen LogP contribution is -2.33. The van der Waals surface area contributed by atoms with Gasteiger partial charge in [0.2, 0.25) is 0 Å². The monoisotopic (exact) mass is 276 g/mol. The first-order valence-corrected chi connectivity index (χ1v) is 6.22. The Morgan fingerprint density at radius 3 is 2.88 bits per heavy atom. The lowest BCUT2D eigenvalue weighted by Gasteiger charge is -2.13. The van der Waals surface area contributed by atoms with Gasteiger partial charge in [0, 0.05) is 30.4 Å². The fourth-order valence-corrected chi connectivity index (χ4v) is 2.58. The standard InChI is InChI=1S/C11H16N2O2S.ClH/c1-7-2-3-10(16-7)11(15)13-5-8-4-12-6-9(8)14;/h2-3,8-9,12,14H,4-6H2,1H3,(H,13,15);1H. The van der Waals surface area contributed by atoms with Crippen molar-refractivity contribution in [2.24, 2.45) is 5.92 Å². The minimum atomic E-state index is -0.342. The minimum absolute atomic E-state index is 0. The Labute approximate surface area is 111 Å². The lowest BCUT2D eigenvalue weighted by molar-refractivity contribution is 0.0931. The van der Waals surface area contributed by atoms with Crippen LogP contribution in [0.25, 0.3) is 0 Å². The second-order valence-electron chi connectivity index (χ2n) is 4.11. The molecule has 1 aliphatic rings. The van der Waals surface area contributed by atoms with Crippen molar-refractivity contribution in [3.63, 3.8) is 0 Å². The Morgan fingerprint density at radius 2 is 2.35 bits per heavy atom. The molecule has 17 heavy (non-hydrogen) atoms. The number of amides is 1. The van der Waals surface area contributed by atoms with Crippen LogP contribution in [0.4, 0.5) is 0 Å². The summed E-state index contributed by atoms with van der Waals surface area (Å²) in [5, 5.41) is 15.5. The van der Waals surface area contributed by atoms with Crippen molar-refractivity contribution in [3.8, 4) is 0 Å². The van der Waals surface area contributed by atoms with Gasteiger partial charge in [0.15, 0.2) is 0 Å². The van der Waals surface area contributed by atoms with Crippen molar-refractivity contribution in [2.75, 3.05) is 19.6 Å². The molecule has 1 amide bonds. The second kappa shape index (κ2) is 6.35. The predicted octanol–water partition coefficient (Wildman–Crippen LogP) is 0.788. The van der Waals surface area contributed by atoms with E-state index in [4.69, 9.17) is 0 Å². The van der Waals surface area contributed by atoms with Crippen LogP contribution >= 0.6 is 23.7 Å². The van der Waals surface area contributed by atoms with Gasteiger partial charge in [0.25, 0.3) is 5.91 Å². The average Bonchev–Trinajstić information content (AvgIpc) is 2.84. The highest BCUT2D eigenvalue weighted by molar-refractivity contribution is 7.13. The zero-order valence-corrected chi connectivity index (χ0v) is 11.2. The Morgan fingerprint density at radius 1 is 1.59 bits per heavy atom. The van der Waals surface area contributed by atoms with Crippen LogP contribution in [0, 0.1) is 12.8 Å². The van der Waals surface area contributed by atoms with E-state index < -0.39 is 0 Å². The van der Waals surface area contributed by atoms with Crippen molar-refractivity contribution < 1.29 is 9.90 Å². The number of carbonyl (C=O) groups excluding carboxylic acids is 1. The van der Waals surface area contributed by atoms with Crippen LogP contribution < -0.4 is 10.6 Å². The third kappa shape index (κ3) is 3.67. The molecule has 0 spiro atoms. The molecule has 4 nitrogen and oxygen atoms in total. The van der Waals surface area contributed by atoms with Crippen molar-refractivity contribution in [1.82, 2.24) is 10.6 Å². The number of thiophene rings is 1. The first kappa shape index (κ1) is 14.4. The molecule has 0 aliphatic carbocycles. The third-order valence-corrected chi connectivity index (χ3v) is 3.79. The van der Waals surface area contributed by atoms with Crippen LogP contribution in [0.3, 0.4) is 0 Å². The Balaban J connectivity index is 0.00000144. The molecular formula is C11H17ClN2O2S. The van der Waals surface area contributed by atoms with Gasteiger partial charge < -0.3 is 15.7 Å². The summed E-state index contributed by atoms with van der Waals surface area (Å²) in [5.74, 6) is 0.0854. The van der Waals surface area contributed by atoms with Crippen LogP contribution in [0.2, 0.25) is 0 Å². The van der Waals surface area contributed by atoms with Gasteiger partial charge in [-0.05, 0) is 19.1 Å². The zero-order valence-electron chi connectivity index (χ0n) is 9.60. The van der Waals surface area contributed by atoms with Crippen LogP contribution in [0.1, 0.15) is 14.5 Å². The SMILES string of the molecule is Cc1ccc(C(=O)NCC2CNCC2O)s1.Cl. The average molecular weight is 277 g/mol. The summed E-state index contributed by atoms with van der Waals surface area (Å²) >= 11 is 1.49. The normalized spacial score (nSPS) is 23.2. The van der Waals surface area contributed by atoms with Gasteiger partial charge >= 0.3 is 0 Å². The fourth-order valence-electron chi connectivity index (χ4n) is 1.79. The molecule has 3 N–H and O–H groups in total. The van der Waals surface area contributed by atoms with E-state index in [1.54, 1.807) is 0 Å². The van der Waals surface area contributed by atoms with Crippen molar-refractivity contribution >= 4 is 29.7 Å². The molecule has 1 saturated heterocycles. The van der Waals surface area contributed by atoms with Gasteiger partial charge in [-0.2, -0.15) is 0 Å². The summed E-state index contributed by atoms with van der Waals surface area (Å²) in [6, 6.07) is 3.77. The molecule has 6 heteroatoms. The molecule has 0 bridgehead atoms. The van der Waals surface area contributed by atoms with E-state index in [2.05, 4.69) is 10.6 Å². The maximum atomic E-state index is 11.7. The molecule has 2 atom stereocenters. The molecule has 1 fully saturated rings. The first-order chi connectivity index (χ1) is 7.66. The number of aliphatic hydroxyl groups is 1. The van der Waals surface area contributed by atoms with Crippen molar-refractivity contribution in [1.29, 1.82) is 0 Å². The molecular weight excluding hydrogens is 260 g/mol. The van der Waals surface area contributed by atoms with Crippen LogP contribution in [-0.2, 0) is 0 Å². The maximum absolute atomic E-state index is 11.7. The molecule has 1 aliphatic heterocycles.